The summed E-state index contributed by atoms with van der Waals surface area (Å²) in [5.41, 5.74) is 0. The molecule has 0 spiro atoms. The minimum atomic E-state index is -3.79. The van der Waals surface area contributed by atoms with Crippen molar-refractivity contribution >= 4 is 20.0 Å². The van der Waals surface area contributed by atoms with Gasteiger partial charge in [-0.05, 0) is 43.0 Å². The van der Waals surface area contributed by atoms with Crippen LogP contribution in [0.5, 0.6) is 5.75 Å². The third kappa shape index (κ3) is 4.83. The Hall–Kier alpha value is -1.99. The molecule has 1 saturated heterocycles. The van der Waals surface area contributed by atoms with Crippen molar-refractivity contribution in [3.63, 3.8) is 0 Å². The lowest BCUT2D eigenvalue weighted by atomic mass is 9.98. The van der Waals surface area contributed by atoms with Crippen LogP contribution in [0.25, 0.3) is 0 Å². The smallest absolute Gasteiger partial charge is 0.277 e. The third-order valence-electron chi connectivity index (χ3n) is 5.22. The Labute approximate surface area is 176 Å². The molecule has 1 aliphatic rings. The Kier molecular flexibility index (Phi) is 6.82. The summed E-state index contributed by atoms with van der Waals surface area (Å²) in [7, 11) is -4.46. The van der Waals surface area contributed by atoms with Crippen LogP contribution in [0.1, 0.15) is 12.8 Å². The van der Waals surface area contributed by atoms with E-state index in [4.69, 9.17) is 4.74 Å². The number of hydrogen-bond acceptors (Lipinski definition) is 7. The van der Waals surface area contributed by atoms with Crippen molar-refractivity contribution in [2.24, 2.45) is 13.0 Å². The van der Waals surface area contributed by atoms with Gasteiger partial charge in [-0.3, -0.25) is 0 Å². The van der Waals surface area contributed by atoms with Crippen molar-refractivity contribution in [2.45, 2.75) is 29.0 Å². The third-order valence-corrected chi connectivity index (χ3v) is 8.56. The van der Waals surface area contributed by atoms with E-state index in [1.54, 1.807) is 25.4 Å². The number of methoxy groups -OCH3 is 1. The van der Waals surface area contributed by atoms with Crippen molar-refractivity contribution in [3.05, 3.63) is 36.7 Å². The van der Waals surface area contributed by atoms with Gasteiger partial charge in [-0.1, -0.05) is 0 Å². The van der Waals surface area contributed by atoms with Crippen LogP contribution in [-0.4, -0.2) is 68.6 Å². The lowest BCUT2D eigenvalue weighted by Gasteiger charge is -2.20. The lowest BCUT2D eigenvalue weighted by Crippen LogP contribution is -2.35. The van der Waals surface area contributed by atoms with Crippen LogP contribution in [0.3, 0.4) is 0 Å². The fourth-order valence-electron chi connectivity index (χ4n) is 3.38. The number of ether oxygens (including phenoxy) is 1. The van der Waals surface area contributed by atoms with Crippen molar-refractivity contribution in [1.82, 2.24) is 18.6 Å². The number of benzene rings is 1. The minimum absolute atomic E-state index is 0.00578. The van der Waals surface area contributed by atoms with Gasteiger partial charge in [0.1, 0.15) is 5.75 Å². The molecule has 2 heterocycles. The SMILES string of the molecule is COc1ccc(S(=O)(=O)NC[C@H]2CCN(S(=O)(=O)c3nccn3C)CC[C@H]2O)cc1. The van der Waals surface area contributed by atoms with Crippen molar-refractivity contribution in [3.8, 4) is 5.75 Å². The number of nitrogens with one attached hydrogen (secondary N) is 1. The Morgan fingerprint density at radius 2 is 1.83 bits per heavy atom. The molecule has 3 rings (SSSR count). The van der Waals surface area contributed by atoms with Crippen molar-refractivity contribution in [1.29, 1.82) is 0 Å². The highest BCUT2D eigenvalue weighted by molar-refractivity contribution is 7.89. The van der Waals surface area contributed by atoms with E-state index < -0.39 is 32.1 Å². The molecule has 0 aliphatic carbocycles. The van der Waals surface area contributed by atoms with Crippen LogP contribution in [0.15, 0.2) is 46.7 Å². The average Bonchev–Trinajstić information content (AvgIpc) is 3.07. The van der Waals surface area contributed by atoms with Gasteiger partial charge >= 0.3 is 0 Å². The molecule has 166 valence electrons. The van der Waals surface area contributed by atoms with Gasteiger partial charge in [0.15, 0.2) is 0 Å². The number of sulfonamides is 2. The van der Waals surface area contributed by atoms with Gasteiger partial charge in [0.25, 0.3) is 10.0 Å². The van der Waals surface area contributed by atoms with E-state index >= 15 is 0 Å². The lowest BCUT2D eigenvalue weighted by molar-refractivity contribution is 0.106. The molecular formula is C18H26N4O6S2. The zero-order chi connectivity index (χ0) is 21.9. The van der Waals surface area contributed by atoms with Gasteiger partial charge in [-0.15, -0.1) is 0 Å². The predicted molar refractivity (Wildman–Crippen MR) is 109 cm³/mol. The van der Waals surface area contributed by atoms with Crippen molar-refractivity contribution < 1.29 is 26.7 Å². The van der Waals surface area contributed by atoms with Gasteiger partial charge in [-0.25, -0.2) is 26.5 Å². The van der Waals surface area contributed by atoms with Gasteiger partial charge in [0, 0.05) is 39.1 Å². The molecule has 1 aromatic heterocycles. The quantitative estimate of drug-likeness (QED) is 0.605. The molecule has 0 bridgehead atoms. The van der Waals surface area contributed by atoms with Gasteiger partial charge in [0.05, 0.1) is 18.1 Å². The Morgan fingerprint density at radius 3 is 2.43 bits per heavy atom. The number of aryl methyl sites for hydroxylation is 1. The Bertz CT molecular complexity index is 1070. The second-order valence-corrected chi connectivity index (χ2v) is 10.8. The van der Waals surface area contributed by atoms with E-state index in [0.29, 0.717) is 12.2 Å². The molecule has 0 amide bonds. The standard InChI is InChI=1S/C18H26N4O6S2/c1-21-12-9-19-18(21)30(26,27)22-10-7-14(17(23)8-11-22)13-20-29(24,25)16-5-3-15(28-2)4-6-16/h3-6,9,12,14,17,20,23H,7-8,10-11,13H2,1-2H3/t14-,17-/m1/s1. The first kappa shape index (κ1) is 22.7. The highest BCUT2D eigenvalue weighted by Crippen LogP contribution is 2.23. The molecule has 2 N–H and O–H groups in total. The first-order chi connectivity index (χ1) is 14.1. The van der Waals surface area contributed by atoms with Gasteiger partial charge in [-0.2, -0.15) is 4.31 Å². The number of nitrogens with zero attached hydrogens (tertiary/aromatic N) is 3. The molecule has 0 saturated carbocycles. The summed E-state index contributed by atoms with van der Waals surface area (Å²) in [6.07, 6.45) is 2.66. The number of hydrogen-bond donors (Lipinski definition) is 2. The molecule has 2 aromatic rings. The number of imidazole rings is 1. The first-order valence-corrected chi connectivity index (χ1v) is 12.4. The number of rotatable bonds is 7. The number of aliphatic hydroxyl groups is 1. The van der Waals surface area contributed by atoms with Crippen molar-refractivity contribution in [2.75, 3.05) is 26.7 Å². The van der Waals surface area contributed by atoms with Crippen LogP contribution in [0.2, 0.25) is 0 Å². The molecule has 30 heavy (non-hydrogen) atoms. The summed E-state index contributed by atoms with van der Waals surface area (Å²) in [5, 5.41) is 10.4. The molecule has 10 nitrogen and oxygen atoms in total. The number of aromatic nitrogens is 2. The van der Waals surface area contributed by atoms with E-state index in [-0.39, 0.29) is 36.1 Å². The number of aliphatic hydroxyl groups excluding tert-OH is 1. The van der Waals surface area contributed by atoms with E-state index in [2.05, 4.69) is 9.71 Å². The predicted octanol–water partition coefficient (Wildman–Crippen LogP) is 0.169. The zero-order valence-corrected chi connectivity index (χ0v) is 18.4. The molecular weight excluding hydrogens is 432 g/mol. The molecule has 0 unspecified atom stereocenters. The Morgan fingerprint density at radius 1 is 1.17 bits per heavy atom. The highest BCUT2D eigenvalue weighted by Gasteiger charge is 2.34. The van der Waals surface area contributed by atoms with Crippen LogP contribution in [-0.2, 0) is 27.1 Å². The maximum atomic E-state index is 12.8. The van der Waals surface area contributed by atoms with Crippen LogP contribution in [0.4, 0.5) is 0 Å². The zero-order valence-electron chi connectivity index (χ0n) is 16.8. The van der Waals surface area contributed by atoms with Crippen LogP contribution >= 0.6 is 0 Å². The van der Waals surface area contributed by atoms with E-state index in [0.717, 1.165) is 0 Å². The summed E-state index contributed by atoms with van der Waals surface area (Å²) in [6, 6.07) is 5.97. The normalized spacial score (nSPS) is 21.3. The van der Waals surface area contributed by atoms with Crippen LogP contribution in [0, 0.1) is 5.92 Å². The molecule has 1 aromatic carbocycles. The Balaban J connectivity index is 1.66. The van der Waals surface area contributed by atoms with Crippen LogP contribution < -0.4 is 9.46 Å². The summed E-state index contributed by atoms with van der Waals surface area (Å²) < 4.78 is 61.0. The molecule has 0 radical (unpaired) electrons. The second kappa shape index (κ2) is 9.02. The first-order valence-electron chi connectivity index (χ1n) is 9.44. The summed E-state index contributed by atoms with van der Waals surface area (Å²) in [6.45, 7) is 0.311. The summed E-state index contributed by atoms with van der Waals surface area (Å²) in [4.78, 5) is 4.00. The maximum Gasteiger partial charge on any atom is 0.277 e. The fourth-order valence-corrected chi connectivity index (χ4v) is 6.01. The molecule has 1 aliphatic heterocycles. The summed E-state index contributed by atoms with van der Waals surface area (Å²) >= 11 is 0. The molecule has 2 atom stereocenters. The molecule has 1 fully saturated rings. The minimum Gasteiger partial charge on any atom is -0.497 e. The van der Waals surface area contributed by atoms with Gasteiger partial charge < -0.3 is 14.4 Å². The largest absolute Gasteiger partial charge is 0.497 e. The topological polar surface area (TPSA) is 131 Å². The maximum absolute atomic E-state index is 12.8. The van der Waals surface area contributed by atoms with E-state index in [1.807, 2.05) is 0 Å². The monoisotopic (exact) mass is 458 g/mol. The van der Waals surface area contributed by atoms with E-state index in [9.17, 15) is 21.9 Å². The molecule has 12 heteroatoms. The fraction of sp³-hybridized carbons (Fsp3) is 0.500. The highest BCUT2D eigenvalue weighted by atomic mass is 32.2. The summed E-state index contributed by atoms with van der Waals surface area (Å²) in [5.74, 6) is 0.127. The average molecular weight is 459 g/mol. The second-order valence-electron chi connectivity index (χ2n) is 7.16. The van der Waals surface area contributed by atoms with Gasteiger partial charge in [0.2, 0.25) is 15.2 Å². The van der Waals surface area contributed by atoms with E-state index in [1.165, 1.54) is 34.3 Å².